The molecule has 6 aromatic carbocycles. The standard InChI is InChI=1S/C35H22N2/c1-2-11-24(12-3-1)35-34(33-21-19-23-10-4-9-17-32(23)37(33)36-35)25-18-20-30-28-15-6-5-13-26(28)27-14-7-8-16-29(27)31(30)22-25/h1-22H. The molecule has 172 valence electrons. The number of fused-ring (bicyclic) bond motifs is 9. The third-order valence-electron chi connectivity index (χ3n) is 7.59. The van der Waals surface area contributed by atoms with Crippen molar-refractivity contribution in [3.05, 3.63) is 133 Å². The fourth-order valence-corrected chi connectivity index (χ4v) is 5.90. The average Bonchev–Trinajstić information content (AvgIpc) is 3.38. The van der Waals surface area contributed by atoms with Crippen molar-refractivity contribution in [1.82, 2.24) is 9.61 Å². The van der Waals surface area contributed by atoms with Gasteiger partial charge in [-0.1, -0.05) is 115 Å². The highest BCUT2D eigenvalue weighted by Gasteiger charge is 2.19. The molecule has 0 saturated carbocycles. The molecular weight excluding hydrogens is 448 g/mol. The van der Waals surface area contributed by atoms with Crippen LogP contribution in [0.5, 0.6) is 0 Å². The number of hydrogen-bond donors (Lipinski definition) is 0. The van der Waals surface area contributed by atoms with Gasteiger partial charge in [-0.05, 0) is 56.1 Å². The van der Waals surface area contributed by atoms with Crippen molar-refractivity contribution >= 4 is 48.7 Å². The molecule has 2 heteroatoms. The highest BCUT2D eigenvalue weighted by molar-refractivity contribution is 6.26. The SMILES string of the molecule is c1ccc(-c2nn3c(ccc4ccccc43)c2-c2ccc3c4ccccc4c4ccccc4c3c2)cc1. The van der Waals surface area contributed by atoms with Crippen molar-refractivity contribution in [2.45, 2.75) is 0 Å². The number of hydrogen-bond acceptors (Lipinski definition) is 1. The van der Waals surface area contributed by atoms with Gasteiger partial charge in [0, 0.05) is 16.5 Å². The maximum absolute atomic E-state index is 5.20. The number of nitrogens with zero attached hydrogens (tertiary/aromatic N) is 2. The summed E-state index contributed by atoms with van der Waals surface area (Å²) in [6, 6.07) is 47.8. The normalized spacial score (nSPS) is 11.8. The molecule has 0 fully saturated rings. The zero-order valence-electron chi connectivity index (χ0n) is 20.1. The molecule has 0 unspecified atom stereocenters. The van der Waals surface area contributed by atoms with Gasteiger partial charge in [-0.25, -0.2) is 4.52 Å². The molecule has 0 aliphatic carbocycles. The van der Waals surface area contributed by atoms with Crippen LogP contribution in [0, 0.1) is 0 Å². The quantitative estimate of drug-likeness (QED) is 0.230. The van der Waals surface area contributed by atoms with E-state index >= 15 is 0 Å². The predicted molar refractivity (Wildman–Crippen MR) is 156 cm³/mol. The number of rotatable bonds is 2. The molecule has 37 heavy (non-hydrogen) atoms. The van der Waals surface area contributed by atoms with Crippen LogP contribution in [0.25, 0.3) is 71.1 Å². The van der Waals surface area contributed by atoms with Crippen molar-refractivity contribution < 1.29 is 0 Å². The van der Waals surface area contributed by atoms with Gasteiger partial charge in [0.2, 0.25) is 0 Å². The van der Waals surface area contributed by atoms with E-state index in [1.165, 1.54) is 43.3 Å². The van der Waals surface area contributed by atoms with Crippen molar-refractivity contribution in [3.8, 4) is 22.4 Å². The highest BCUT2D eigenvalue weighted by atomic mass is 15.2. The molecule has 0 saturated heterocycles. The van der Waals surface area contributed by atoms with Gasteiger partial charge in [-0.3, -0.25) is 0 Å². The van der Waals surface area contributed by atoms with E-state index in [1.54, 1.807) is 0 Å². The third kappa shape index (κ3) is 2.96. The second-order valence-corrected chi connectivity index (χ2v) is 9.63. The van der Waals surface area contributed by atoms with Crippen LogP contribution in [0.1, 0.15) is 0 Å². The molecule has 8 aromatic rings. The van der Waals surface area contributed by atoms with Gasteiger partial charge in [-0.2, -0.15) is 5.10 Å². The summed E-state index contributed by atoms with van der Waals surface area (Å²) in [6.45, 7) is 0. The highest BCUT2D eigenvalue weighted by Crippen LogP contribution is 2.41. The van der Waals surface area contributed by atoms with Crippen LogP contribution in [-0.2, 0) is 0 Å². The van der Waals surface area contributed by atoms with Crippen LogP contribution in [0.15, 0.2) is 133 Å². The Balaban J connectivity index is 1.51. The summed E-state index contributed by atoms with van der Waals surface area (Å²) in [7, 11) is 0. The predicted octanol–water partition coefficient (Wildman–Crippen LogP) is 9.28. The van der Waals surface area contributed by atoms with Crippen LogP contribution in [0.2, 0.25) is 0 Å². The summed E-state index contributed by atoms with van der Waals surface area (Å²) in [6.07, 6.45) is 0. The fraction of sp³-hybridized carbons (Fsp3) is 0. The lowest BCUT2D eigenvalue weighted by Gasteiger charge is -2.12. The van der Waals surface area contributed by atoms with E-state index < -0.39 is 0 Å². The number of aromatic nitrogens is 2. The Labute approximate surface area is 214 Å². The van der Waals surface area contributed by atoms with E-state index in [0.29, 0.717) is 0 Å². The molecule has 0 amide bonds. The molecule has 0 radical (unpaired) electrons. The monoisotopic (exact) mass is 470 g/mol. The minimum Gasteiger partial charge on any atom is -0.232 e. The summed E-state index contributed by atoms with van der Waals surface area (Å²) in [4.78, 5) is 0. The molecule has 0 aliphatic heterocycles. The van der Waals surface area contributed by atoms with Crippen molar-refractivity contribution in [2.24, 2.45) is 0 Å². The van der Waals surface area contributed by atoms with Crippen molar-refractivity contribution in [1.29, 1.82) is 0 Å². The van der Waals surface area contributed by atoms with E-state index in [9.17, 15) is 0 Å². The molecule has 0 spiro atoms. The van der Waals surface area contributed by atoms with Crippen LogP contribution in [0.3, 0.4) is 0 Å². The van der Waals surface area contributed by atoms with Crippen LogP contribution < -0.4 is 0 Å². The van der Waals surface area contributed by atoms with Gasteiger partial charge in [0.15, 0.2) is 0 Å². The van der Waals surface area contributed by atoms with Gasteiger partial charge in [0.25, 0.3) is 0 Å². The van der Waals surface area contributed by atoms with Crippen LogP contribution >= 0.6 is 0 Å². The average molecular weight is 471 g/mol. The Morgan fingerprint density at radius 2 is 1.00 bits per heavy atom. The molecule has 0 N–H and O–H groups in total. The first-order valence-corrected chi connectivity index (χ1v) is 12.7. The maximum Gasteiger partial charge on any atom is 0.101 e. The second-order valence-electron chi connectivity index (χ2n) is 9.63. The van der Waals surface area contributed by atoms with Gasteiger partial charge in [0.1, 0.15) is 5.69 Å². The zero-order chi connectivity index (χ0) is 24.3. The summed E-state index contributed by atoms with van der Waals surface area (Å²) in [5.74, 6) is 0. The van der Waals surface area contributed by atoms with E-state index in [0.717, 1.165) is 27.9 Å². The van der Waals surface area contributed by atoms with Crippen LogP contribution in [-0.4, -0.2) is 9.61 Å². The zero-order valence-corrected chi connectivity index (χ0v) is 20.1. The van der Waals surface area contributed by atoms with Gasteiger partial charge in [0.05, 0.1) is 11.0 Å². The van der Waals surface area contributed by atoms with E-state index in [-0.39, 0.29) is 0 Å². The first kappa shape index (κ1) is 20.3. The molecule has 0 atom stereocenters. The molecule has 0 bridgehead atoms. The van der Waals surface area contributed by atoms with Gasteiger partial charge >= 0.3 is 0 Å². The van der Waals surface area contributed by atoms with Gasteiger partial charge in [-0.15, -0.1) is 0 Å². The number of benzene rings is 6. The van der Waals surface area contributed by atoms with E-state index in [4.69, 9.17) is 5.10 Å². The van der Waals surface area contributed by atoms with Crippen molar-refractivity contribution in [3.63, 3.8) is 0 Å². The lowest BCUT2D eigenvalue weighted by Crippen LogP contribution is -1.89. The lowest BCUT2D eigenvalue weighted by atomic mass is 9.91. The lowest BCUT2D eigenvalue weighted by molar-refractivity contribution is 1.01. The first-order valence-electron chi connectivity index (χ1n) is 12.7. The van der Waals surface area contributed by atoms with E-state index in [2.05, 4.69) is 138 Å². The Morgan fingerprint density at radius 3 is 1.73 bits per heavy atom. The molecule has 8 rings (SSSR count). The molecular formula is C35H22N2. The van der Waals surface area contributed by atoms with E-state index in [1.807, 2.05) is 0 Å². The number of pyridine rings is 1. The Bertz CT molecular complexity index is 2100. The minimum atomic E-state index is 1.00. The Kier molecular flexibility index (Phi) is 4.26. The van der Waals surface area contributed by atoms with Crippen molar-refractivity contribution in [2.75, 3.05) is 0 Å². The summed E-state index contributed by atoms with van der Waals surface area (Å²) >= 11 is 0. The Morgan fingerprint density at radius 1 is 0.405 bits per heavy atom. The topological polar surface area (TPSA) is 17.3 Å². The van der Waals surface area contributed by atoms with Crippen LogP contribution in [0.4, 0.5) is 0 Å². The molecule has 2 heterocycles. The number of para-hydroxylation sites is 1. The second kappa shape index (κ2) is 7.78. The third-order valence-corrected chi connectivity index (χ3v) is 7.59. The molecule has 2 aromatic heterocycles. The molecule has 0 aliphatic rings. The largest absolute Gasteiger partial charge is 0.232 e. The summed E-state index contributed by atoms with van der Waals surface area (Å²) in [5, 5.41) is 14.1. The Hall–Kier alpha value is -4.95. The summed E-state index contributed by atoms with van der Waals surface area (Å²) < 4.78 is 2.11. The first-order chi connectivity index (χ1) is 18.4. The molecule has 2 nitrogen and oxygen atoms in total. The smallest absolute Gasteiger partial charge is 0.101 e. The maximum atomic E-state index is 5.20. The summed E-state index contributed by atoms with van der Waals surface area (Å²) in [5.41, 5.74) is 6.69. The van der Waals surface area contributed by atoms with Gasteiger partial charge < -0.3 is 0 Å². The fourth-order valence-electron chi connectivity index (χ4n) is 5.90. The minimum absolute atomic E-state index is 1.00.